The van der Waals surface area contributed by atoms with Gasteiger partial charge in [0.1, 0.15) is 11.6 Å². The first kappa shape index (κ1) is 26.6. The molecule has 37 heavy (non-hydrogen) atoms. The molecule has 0 unspecified atom stereocenters. The number of carboxylic acids is 1. The van der Waals surface area contributed by atoms with Crippen LogP contribution < -0.4 is 10.1 Å². The first-order valence-electron chi connectivity index (χ1n) is 13.2. The lowest BCUT2D eigenvalue weighted by Crippen LogP contribution is -2.44. The second-order valence-corrected chi connectivity index (χ2v) is 10.0. The van der Waals surface area contributed by atoms with Crippen molar-refractivity contribution in [2.24, 2.45) is 5.92 Å². The van der Waals surface area contributed by atoms with Crippen molar-refractivity contribution in [3.8, 4) is 5.75 Å². The van der Waals surface area contributed by atoms with E-state index in [0.717, 1.165) is 31.2 Å². The number of ether oxygens (including phenoxy) is 1. The van der Waals surface area contributed by atoms with Crippen LogP contribution in [0.15, 0.2) is 48.5 Å². The Bertz CT molecular complexity index is 1060. The van der Waals surface area contributed by atoms with Crippen LogP contribution in [0.4, 0.5) is 9.18 Å². The molecule has 0 radical (unpaired) electrons. The number of Topliss-reactive ketones (excluding diaryl/α,β-unsaturated/α-hetero) is 1. The van der Waals surface area contributed by atoms with Crippen LogP contribution >= 0.6 is 0 Å². The minimum absolute atomic E-state index is 0.00876. The third kappa shape index (κ3) is 7.54. The molecule has 2 amide bonds. The maximum absolute atomic E-state index is 13.1. The molecule has 1 saturated carbocycles. The zero-order valence-corrected chi connectivity index (χ0v) is 21.0. The highest BCUT2D eigenvalue weighted by molar-refractivity contribution is 5.96. The van der Waals surface area contributed by atoms with E-state index >= 15 is 0 Å². The fourth-order valence-electron chi connectivity index (χ4n) is 5.19. The number of halogens is 1. The van der Waals surface area contributed by atoms with Gasteiger partial charge in [-0.2, -0.15) is 0 Å². The van der Waals surface area contributed by atoms with Gasteiger partial charge >= 0.3 is 12.0 Å². The summed E-state index contributed by atoms with van der Waals surface area (Å²) in [6.45, 7) is 1.74. The summed E-state index contributed by atoms with van der Waals surface area (Å²) < 4.78 is 19.1. The van der Waals surface area contributed by atoms with E-state index in [1.54, 1.807) is 29.2 Å². The Morgan fingerprint density at radius 1 is 0.919 bits per heavy atom. The molecular formula is C29H35FN2O5. The Balaban J connectivity index is 1.12. The van der Waals surface area contributed by atoms with Gasteiger partial charge in [0, 0.05) is 31.6 Å². The quantitative estimate of drug-likeness (QED) is 0.348. The summed E-state index contributed by atoms with van der Waals surface area (Å²) in [5.41, 5.74) is 1.72. The highest BCUT2D eigenvalue weighted by Crippen LogP contribution is 2.29. The second kappa shape index (κ2) is 12.7. The Kier molecular flexibility index (Phi) is 9.14. The van der Waals surface area contributed by atoms with E-state index in [0.29, 0.717) is 62.5 Å². The molecule has 1 aliphatic carbocycles. The van der Waals surface area contributed by atoms with Gasteiger partial charge < -0.3 is 20.1 Å². The maximum Gasteiger partial charge on any atom is 0.317 e. The summed E-state index contributed by atoms with van der Waals surface area (Å²) in [4.78, 5) is 37.9. The van der Waals surface area contributed by atoms with Crippen LogP contribution in [0.5, 0.6) is 5.75 Å². The Labute approximate surface area is 217 Å². The average Bonchev–Trinajstić information content (AvgIpc) is 2.92. The van der Waals surface area contributed by atoms with Crippen molar-refractivity contribution in [2.75, 3.05) is 19.6 Å². The van der Waals surface area contributed by atoms with Crippen LogP contribution in [0, 0.1) is 11.7 Å². The lowest BCUT2D eigenvalue weighted by atomic mass is 9.87. The summed E-state index contributed by atoms with van der Waals surface area (Å²) in [5, 5.41) is 12.0. The van der Waals surface area contributed by atoms with Gasteiger partial charge in [0.15, 0.2) is 5.78 Å². The zero-order chi connectivity index (χ0) is 26.2. The molecule has 2 aromatic carbocycles. The summed E-state index contributed by atoms with van der Waals surface area (Å²) in [7, 11) is 0. The van der Waals surface area contributed by atoms with E-state index in [4.69, 9.17) is 9.84 Å². The Morgan fingerprint density at radius 3 is 2.19 bits per heavy atom. The van der Waals surface area contributed by atoms with Crippen LogP contribution in [-0.2, 0) is 4.79 Å². The molecule has 2 aromatic rings. The fourth-order valence-corrected chi connectivity index (χ4v) is 5.19. The van der Waals surface area contributed by atoms with E-state index in [1.807, 2.05) is 12.1 Å². The minimum atomic E-state index is -0.732. The third-order valence-electron chi connectivity index (χ3n) is 7.48. The van der Waals surface area contributed by atoms with Crippen molar-refractivity contribution in [2.45, 2.75) is 63.4 Å². The highest BCUT2D eigenvalue weighted by Gasteiger charge is 2.27. The molecule has 198 valence electrons. The highest BCUT2D eigenvalue weighted by atomic mass is 19.1. The number of nitrogens with zero attached hydrogens (tertiary/aromatic N) is 1. The molecule has 2 N–H and O–H groups in total. The largest absolute Gasteiger partial charge is 0.490 e. The van der Waals surface area contributed by atoms with Gasteiger partial charge in [-0.3, -0.25) is 9.59 Å². The molecule has 1 aliphatic heterocycles. The van der Waals surface area contributed by atoms with Crippen LogP contribution in [0.3, 0.4) is 0 Å². The molecule has 0 aromatic heterocycles. The number of likely N-dealkylation sites (tertiary alicyclic amines) is 1. The van der Waals surface area contributed by atoms with Crippen molar-refractivity contribution in [3.63, 3.8) is 0 Å². The smallest absolute Gasteiger partial charge is 0.317 e. The number of carbonyl (C=O) groups is 3. The number of urea groups is 1. The summed E-state index contributed by atoms with van der Waals surface area (Å²) in [6.07, 6.45) is 5.29. The molecule has 1 heterocycles. The van der Waals surface area contributed by atoms with Crippen molar-refractivity contribution in [3.05, 3.63) is 65.5 Å². The number of carboxylic acid groups (broad SMARTS) is 1. The molecule has 0 bridgehead atoms. The number of nitrogens with one attached hydrogen (secondary N) is 1. The number of hydrogen-bond acceptors (Lipinski definition) is 4. The summed E-state index contributed by atoms with van der Waals surface area (Å²) in [5.74, 6) is -0.202. The van der Waals surface area contributed by atoms with Gasteiger partial charge in [0.05, 0.1) is 12.0 Å². The number of aliphatic carboxylic acids is 1. The maximum atomic E-state index is 13.1. The standard InChI is InChI=1S/C29H35FN2O5/c30-24-9-3-20(4-10-24)21-15-18-32(19-16-21)29(36)31-17-1-2-27(33)22-5-11-25(12-6-22)37-26-13-7-23(8-14-26)28(34)35/h3-6,9-12,21,23,26H,1-2,7-8,13-19H2,(H,31,36)(H,34,35). The minimum Gasteiger partial charge on any atom is -0.490 e. The lowest BCUT2D eigenvalue weighted by molar-refractivity contribution is -0.143. The molecule has 2 aliphatic rings. The van der Waals surface area contributed by atoms with Crippen molar-refractivity contribution in [1.82, 2.24) is 10.2 Å². The molecule has 0 spiro atoms. The van der Waals surface area contributed by atoms with E-state index in [9.17, 15) is 18.8 Å². The van der Waals surface area contributed by atoms with Crippen LogP contribution in [0.1, 0.15) is 73.2 Å². The predicted molar refractivity (Wildman–Crippen MR) is 137 cm³/mol. The van der Waals surface area contributed by atoms with E-state index in [1.165, 1.54) is 12.1 Å². The number of benzene rings is 2. The number of rotatable bonds is 9. The van der Waals surface area contributed by atoms with E-state index in [2.05, 4.69) is 5.32 Å². The van der Waals surface area contributed by atoms with Crippen molar-refractivity contribution < 1.29 is 28.6 Å². The zero-order valence-electron chi connectivity index (χ0n) is 21.0. The van der Waals surface area contributed by atoms with Crippen LogP contribution in [0.2, 0.25) is 0 Å². The number of amides is 2. The van der Waals surface area contributed by atoms with Gasteiger partial charge in [0.25, 0.3) is 0 Å². The van der Waals surface area contributed by atoms with Crippen molar-refractivity contribution in [1.29, 1.82) is 0 Å². The van der Waals surface area contributed by atoms with Gasteiger partial charge in [0.2, 0.25) is 0 Å². The van der Waals surface area contributed by atoms with Crippen LogP contribution in [0.25, 0.3) is 0 Å². The fraction of sp³-hybridized carbons (Fsp3) is 0.483. The Morgan fingerprint density at radius 2 is 1.57 bits per heavy atom. The second-order valence-electron chi connectivity index (χ2n) is 10.0. The Hall–Kier alpha value is -3.42. The SMILES string of the molecule is O=C(CCCNC(=O)N1CCC(c2ccc(F)cc2)CC1)c1ccc(OC2CCC(C(=O)O)CC2)cc1. The average molecular weight is 511 g/mol. The molecule has 8 heteroatoms. The van der Waals surface area contributed by atoms with Gasteiger partial charge in [-0.05, 0) is 92.8 Å². The van der Waals surface area contributed by atoms with E-state index < -0.39 is 5.97 Å². The molecule has 2 fully saturated rings. The topological polar surface area (TPSA) is 95.9 Å². The first-order valence-corrected chi connectivity index (χ1v) is 13.2. The number of hydrogen-bond donors (Lipinski definition) is 2. The molecule has 7 nitrogen and oxygen atoms in total. The summed E-state index contributed by atoms with van der Waals surface area (Å²) >= 11 is 0. The van der Waals surface area contributed by atoms with Gasteiger partial charge in [-0.25, -0.2) is 9.18 Å². The van der Waals surface area contributed by atoms with Gasteiger partial charge in [-0.1, -0.05) is 12.1 Å². The van der Waals surface area contributed by atoms with Gasteiger partial charge in [-0.15, -0.1) is 0 Å². The first-order chi connectivity index (χ1) is 17.9. The molecule has 4 rings (SSSR count). The predicted octanol–water partition coefficient (Wildman–Crippen LogP) is 5.40. The van der Waals surface area contributed by atoms with Crippen molar-refractivity contribution >= 4 is 17.8 Å². The number of ketones is 1. The monoisotopic (exact) mass is 510 g/mol. The van der Waals surface area contributed by atoms with E-state index in [-0.39, 0.29) is 29.7 Å². The lowest BCUT2D eigenvalue weighted by Gasteiger charge is -2.32. The molecule has 0 atom stereocenters. The normalized spacial score (nSPS) is 20.3. The number of piperidine rings is 1. The number of carbonyl (C=O) groups excluding carboxylic acids is 2. The van der Waals surface area contributed by atoms with Crippen LogP contribution in [-0.4, -0.2) is 53.5 Å². The molecular weight excluding hydrogens is 475 g/mol. The third-order valence-corrected chi connectivity index (χ3v) is 7.48. The summed E-state index contributed by atoms with van der Waals surface area (Å²) in [6, 6.07) is 13.6. The molecule has 1 saturated heterocycles.